The fraction of sp³-hybridized carbons (Fsp3) is 0.250. The Kier molecular flexibility index (Phi) is 2.77. The van der Waals surface area contributed by atoms with E-state index in [2.05, 4.69) is 15.2 Å². The van der Waals surface area contributed by atoms with E-state index in [9.17, 15) is 4.79 Å². The fourth-order valence-corrected chi connectivity index (χ4v) is 2.41. The van der Waals surface area contributed by atoms with E-state index in [1.54, 1.807) is 6.20 Å². The minimum atomic E-state index is 0.253. The maximum Gasteiger partial charge on any atom is 0.181 e. The molecule has 0 atom stereocenters. The van der Waals surface area contributed by atoms with Gasteiger partial charge in [-0.25, -0.2) is 4.98 Å². The van der Waals surface area contributed by atoms with Gasteiger partial charge in [0.25, 0.3) is 0 Å². The van der Waals surface area contributed by atoms with Crippen molar-refractivity contribution in [3.63, 3.8) is 0 Å². The normalized spacial score (nSPS) is 14.5. The topological polar surface area (TPSA) is 68.9 Å². The highest BCUT2D eigenvalue weighted by Gasteiger charge is 2.29. The van der Waals surface area contributed by atoms with Gasteiger partial charge in [0.2, 0.25) is 0 Å². The predicted octanol–water partition coefficient (Wildman–Crippen LogP) is 2.81. The highest BCUT2D eigenvalue weighted by molar-refractivity contribution is 5.87. The molecule has 2 heterocycles. The van der Waals surface area contributed by atoms with Crippen molar-refractivity contribution in [2.75, 3.05) is 0 Å². The van der Waals surface area contributed by atoms with Crippen LogP contribution < -0.4 is 0 Å². The Balaban J connectivity index is 1.69. The molecule has 5 heteroatoms. The molecule has 1 aromatic carbocycles. The summed E-state index contributed by atoms with van der Waals surface area (Å²) in [5.41, 5.74) is 2.47. The van der Waals surface area contributed by atoms with Crippen molar-refractivity contribution in [2.24, 2.45) is 5.92 Å². The smallest absolute Gasteiger partial charge is 0.181 e. The Morgan fingerprint density at radius 1 is 1.24 bits per heavy atom. The van der Waals surface area contributed by atoms with Gasteiger partial charge < -0.3 is 4.42 Å². The number of carbonyl (C=O) groups is 1. The molecule has 104 valence electrons. The van der Waals surface area contributed by atoms with Crippen molar-refractivity contribution >= 4 is 16.7 Å². The third kappa shape index (κ3) is 2.42. The van der Waals surface area contributed by atoms with Crippen LogP contribution in [0.15, 0.2) is 41.3 Å². The molecule has 0 spiro atoms. The molecule has 1 saturated carbocycles. The number of rotatable bonds is 4. The number of fused-ring (bicyclic) bond motifs is 1. The highest BCUT2D eigenvalue weighted by Crippen LogP contribution is 2.31. The Bertz CT molecular complexity index is 808. The van der Waals surface area contributed by atoms with Gasteiger partial charge >= 0.3 is 0 Å². The van der Waals surface area contributed by atoms with E-state index in [0.717, 1.165) is 35.0 Å². The summed E-state index contributed by atoms with van der Waals surface area (Å²) in [5.74, 6) is 1.24. The standard InChI is InChI=1S/C16H13N3O2/c20-15(10-1-2-10)7-13-6-12-5-11(16-8-17-9-21-16)3-4-14(12)19-18-13/h3-6,8-10H,1-2,7H2. The van der Waals surface area contributed by atoms with Crippen molar-refractivity contribution in [3.05, 3.63) is 42.5 Å². The molecule has 3 aromatic rings. The average Bonchev–Trinajstić information content (AvgIpc) is 3.22. The fourth-order valence-electron chi connectivity index (χ4n) is 2.41. The van der Waals surface area contributed by atoms with E-state index in [-0.39, 0.29) is 11.7 Å². The Labute approximate surface area is 121 Å². The molecule has 0 N–H and O–H groups in total. The molecule has 0 unspecified atom stereocenters. The van der Waals surface area contributed by atoms with Gasteiger partial charge in [0, 0.05) is 16.9 Å². The molecule has 0 radical (unpaired) electrons. The summed E-state index contributed by atoms with van der Waals surface area (Å²) < 4.78 is 5.30. The van der Waals surface area contributed by atoms with Gasteiger partial charge in [-0.2, -0.15) is 10.2 Å². The summed E-state index contributed by atoms with van der Waals surface area (Å²) in [7, 11) is 0. The van der Waals surface area contributed by atoms with Crippen LogP contribution in [-0.2, 0) is 11.2 Å². The zero-order valence-electron chi connectivity index (χ0n) is 11.3. The van der Waals surface area contributed by atoms with Crippen molar-refractivity contribution < 1.29 is 9.21 Å². The lowest BCUT2D eigenvalue weighted by Crippen LogP contribution is -2.07. The molecule has 1 aliphatic rings. The first-order chi connectivity index (χ1) is 10.3. The van der Waals surface area contributed by atoms with Crippen LogP contribution in [0.1, 0.15) is 18.5 Å². The molecule has 0 bridgehead atoms. The molecule has 0 aliphatic heterocycles. The number of hydrogen-bond acceptors (Lipinski definition) is 5. The zero-order chi connectivity index (χ0) is 14.2. The van der Waals surface area contributed by atoms with Crippen LogP contribution in [0.3, 0.4) is 0 Å². The minimum absolute atomic E-state index is 0.253. The molecular weight excluding hydrogens is 266 g/mol. The zero-order valence-corrected chi connectivity index (χ0v) is 11.3. The second-order valence-corrected chi connectivity index (χ2v) is 5.39. The number of hydrogen-bond donors (Lipinski definition) is 0. The van der Waals surface area contributed by atoms with Crippen LogP contribution in [0.4, 0.5) is 0 Å². The lowest BCUT2D eigenvalue weighted by Gasteiger charge is -2.03. The van der Waals surface area contributed by atoms with Crippen LogP contribution in [0.2, 0.25) is 0 Å². The van der Waals surface area contributed by atoms with Gasteiger partial charge in [-0.1, -0.05) is 0 Å². The molecule has 5 nitrogen and oxygen atoms in total. The third-order valence-electron chi connectivity index (χ3n) is 3.74. The summed E-state index contributed by atoms with van der Waals surface area (Å²) in [5, 5.41) is 9.29. The van der Waals surface area contributed by atoms with Gasteiger partial charge in [0.05, 0.1) is 23.8 Å². The summed E-state index contributed by atoms with van der Waals surface area (Å²) in [6.45, 7) is 0. The van der Waals surface area contributed by atoms with E-state index in [1.807, 2.05) is 24.3 Å². The van der Waals surface area contributed by atoms with E-state index in [4.69, 9.17) is 4.42 Å². The Morgan fingerprint density at radius 3 is 2.90 bits per heavy atom. The number of carbonyl (C=O) groups excluding carboxylic acids is 1. The lowest BCUT2D eigenvalue weighted by atomic mass is 10.1. The van der Waals surface area contributed by atoms with Gasteiger partial charge in [0.15, 0.2) is 12.2 Å². The number of ketones is 1. The van der Waals surface area contributed by atoms with E-state index >= 15 is 0 Å². The Hall–Kier alpha value is -2.56. The third-order valence-corrected chi connectivity index (χ3v) is 3.74. The van der Waals surface area contributed by atoms with E-state index in [1.165, 1.54) is 6.39 Å². The first kappa shape index (κ1) is 12.2. The second kappa shape index (κ2) is 4.77. The van der Waals surface area contributed by atoms with Crippen LogP contribution in [0, 0.1) is 5.92 Å². The molecule has 2 aromatic heterocycles. The van der Waals surface area contributed by atoms with Crippen molar-refractivity contribution in [2.45, 2.75) is 19.3 Å². The molecule has 1 fully saturated rings. The predicted molar refractivity (Wildman–Crippen MR) is 76.5 cm³/mol. The maximum absolute atomic E-state index is 11.9. The van der Waals surface area contributed by atoms with Crippen LogP contribution in [0.5, 0.6) is 0 Å². The van der Waals surface area contributed by atoms with Crippen molar-refractivity contribution in [1.82, 2.24) is 15.2 Å². The van der Waals surface area contributed by atoms with Gasteiger partial charge in [0.1, 0.15) is 5.78 Å². The van der Waals surface area contributed by atoms with Crippen molar-refractivity contribution in [1.29, 1.82) is 0 Å². The lowest BCUT2D eigenvalue weighted by molar-refractivity contribution is -0.119. The number of aromatic nitrogens is 3. The van der Waals surface area contributed by atoms with Gasteiger partial charge in [-0.3, -0.25) is 4.79 Å². The minimum Gasteiger partial charge on any atom is -0.444 e. The number of benzene rings is 1. The van der Waals surface area contributed by atoms with Crippen LogP contribution in [-0.4, -0.2) is 21.0 Å². The summed E-state index contributed by atoms with van der Waals surface area (Å²) >= 11 is 0. The SMILES string of the molecule is O=C(Cc1cc2cc(-c3cnco3)ccc2nn1)C1CC1. The molecule has 0 amide bonds. The number of nitrogens with zero attached hydrogens (tertiary/aromatic N) is 3. The van der Waals surface area contributed by atoms with Gasteiger partial charge in [-0.15, -0.1) is 0 Å². The molecule has 1 aliphatic carbocycles. The van der Waals surface area contributed by atoms with Crippen LogP contribution >= 0.6 is 0 Å². The average molecular weight is 279 g/mol. The summed E-state index contributed by atoms with van der Waals surface area (Å²) in [4.78, 5) is 15.8. The number of Topliss-reactive ketones (excluding diaryl/α,β-unsaturated/α-hetero) is 1. The van der Waals surface area contributed by atoms with Crippen LogP contribution in [0.25, 0.3) is 22.2 Å². The van der Waals surface area contributed by atoms with Gasteiger partial charge in [-0.05, 0) is 37.1 Å². The quantitative estimate of drug-likeness (QED) is 0.734. The summed E-state index contributed by atoms with van der Waals surface area (Å²) in [6.07, 6.45) is 5.50. The first-order valence-electron chi connectivity index (χ1n) is 6.97. The monoisotopic (exact) mass is 279 g/mol. The Morgan fingerprint density at radius 2 is 2.14 bits per heavy atom. The molecule has 4 rings (SSSR count). The molecule has 0 saturated heterocycles. The number of oxazole rings is 1. The van der Waals surface area contributed by atoms with E-state index < -0.39 is 0 Å². The van der Waals surface area contributed by atoms with Crippen molar-refractivity contribution in [3.8, 4) is 11.3 Å². The largest absolute Gasteiger partial charge is 0.444 e. The second-order valence-electron chi connectivity index (χ2n) is 5.39. The summed E-state index contributed by atoms with van der Waals surface area (Å²) in [6, 6.07) is 7.73. The molecular formula is C16H13N3O2. The maximum atomic E-state index is 11.9. The van der Waals surface area contributed by atoms with E-state index in [0.29, 0.717) is 12.2 Å². The first-order valence-corrected chi connectivity index (χ1v) is 6.97. The molecule has 21 heavy (non-hydrogen) atoms. The highest BCUT2D eigenvalue weighted by atomic mass is 16.3.